The zero-order valence-corrected chi connectivity index (χ0v) is 17.6. The minimum absolute atomic E-state index is 0.523. The molecule has 0 aliphatic carbocycles. The zero-order valence-electron chi connectivity index (χ0n) is 16.8. The first kappa shape index (κ1) is 18.3. The van der Waals surface area contributed by atoms with E-state index in [0.717, 1.165) is 40.7 Å². The maximum absolute atomic E-state index is 6.04. The molecule has 2 aromatic heterocycles. The Bertz CT molecular complexity index is 1160. The highest BCUT2D eigenvalue weighted by molar-refractivity contribution is 7.18. The number of anilines is 1. The van der Waals surface area contributed by atoms with Gasteiger partial charge in [0.05, 0.1) is 5.69 Å². The van der Waals surface area contributed by atoms with Gasteiger partial charge in [-0.15, -0.1) is 16.4 Å². The molecule has 1 aliphatic rings. The summed E-state index contributed by atoms with van der Waals surface area (Å²) in [6.45, 7) is 3.85. The lowest BCUT2D eigenvalue weighted by atomic mass is 10.1. The van der Waals surface area contributed by atoms with Gasteiger partial charge in [-0.05, 0) is 44.3 Å². The van der Waals surface area contributed by atoms with Crippen molar-refractivity contribution >= 4 is 28.1 Å². The Hall–Kier alpha value is -2.77. The molecule has 148 valence electrons. The van der Waals surface area contributed by atoms with Gasteiger partial charge >= 0.3 is 6.01 Å². The third-order valence-electron chi connectivity index (χ3n) is 5.57. The Morgan fingerprint density at radius 3 is 2.72 bits per heavy atom. The van der Waals surface area contributed by atoms with Gasteiger partial charge in [-0.1, -0.05) is 41.5 Å². The predicted molar refractivity (Wildman–Crippen MR) is 117 cm³/mol. The van der Waals surface area contributed by atoms with E-state index in [-0.39, 0.29) is 0 Å². The topological polar surface area (TPSA) is 58.3 Å². The highest BCUT2D eigenvalue weighted by Crippen LogP contribution is 2.36. The van der Waals surface area contributed by atoms with Crippen molar-refractivity contribution in [2.24, 2.45) is 0 Å². The molecular weight excluding hydrogens is 382 g/mol. The van der Waals surface area contributed by atoms with E-state index < -0.39 is 0 Å². The Labute approximate surface area is 173 Å². The van der Waals surface area contributed by atoms with Crippen LogP contribution in [0.4, 0.5) is 6.01 Å². The molecular formula is C22H23N5OS. The Kier molecular flexibility index (Phi) is 4.56. The highest BCUT2D eigenvalue weighted by Gasteiger charge is 2.28. The molecule has 0 saturated carbocycles. The lowest BCUT2D eigenvalue weighted by Gasteiger charge is -2.18. The van der Waals surface area contributed by atoms with Crippen LogP contribution >= 0.6 is 11.3 Å². The van der Waals surface area contributed by atoms with Crippen LogP contribution in [0.3, 0.4) is 0 Å². The lowest BCUT2D eigenvalue weighted by molar-refractivity contribution is 0.315. The largest absolute Gasteiger partial charge is 0.402 e. The quantitative estimate of drug-likeness (QED) is 0.500. The predicted octanol–water partition coefficient (Wildman–Crippen LogP) is 4.46. The van der Waals surface area contributed by atoms with Crippen LogP contribution in [-0.4, -0.2) is 53.3 Å². The van der Waals surface area contributed by atoms with Crippen LogP contribution in [-0.2, 0) is 0 Å². The van der Waals surface area contributed by atoms with Crippen molar-refractivity contribution in [2.45, 2.75) is 19.4 Å². The molecule has 2 aromatic carbocycles. The molecule has 1 saturated heterocycles. The second kappa shape index (κ2) is 7.24. The van der Waals surface area contributed by atoms with Crippen molar-refractivity contribution in [3.8, 4) is 21.3 Å². The monoisotopic (exact) mass is 405 g/mol. The van der Waals surface area contributed by atoms with Crippen LogP contribution in [0.5, 0.6) is 0 Å². The van der Waals surface area contributed by atoms with Gasteiger partial charge in [0.25, 0.3) is 5.89 Å². The molecule has 29 heavy (non-hydrogen) atoms. The summed E-state index contributed by atoms with van der Waals surface area (Å²) in [4.78, 5) is 10.1. The van der Waals surface area contributed by atoms with Crippen molar-refractivity contribution < 1.29 is 4.42 Å². The minimum atomic E-state index is 0.523. The van der Waals surface area contributed by atoms with E-state index in [1.165, 1.54) is 10.8 Å². The zero-order chi connectivity index (χ0) is 20.0. The third-order valence-corrected chi connectivity index (χ3v) is 6.76. The van der Waals surface area contributed by atoms with Gasteiger partial charge < -0.3 is 14.2 Å². The molecule has 1 aliphatic heterocycles. The molecule has 3 heterocycles. The summed E-state index contributed by atoms with van der Waals surface area (Å²) in [7, 11) is 4.23. The van der Waals surface area contributed by atoms with Gasteiger partial charge in [-0.2, -0.15) is 0 Å². The number of fused-ring (bicyclic) bond motifs is 1. The summed E-state index contributed by atoms with van der Waals surface area (Å²) in [5.74, 6) is 0.551. The van der Waals surface area contributed by atoms with Crippen molar-refractivity contribution in [3.05, 3.63) is 48.2 Å². The smallest absolute Gasteiger partial charge is 0.318 e. The number of aromatic nitrogens is 3. The number of benzene rings is 2. The molecule has 7 heteroatoms. The van der Waals surface area contributed by atoms with E-state index in [2.05, 4.69) is 76.6 Å². The number of hydrogen-bond donors (Lipinski definition) is 0. The first-order valence-electron chi connectivity index (χ1n) is 9.80. The van der Waals surface area contributed by atoms with E-state index in [9.17, 15) is 0 Å². The van der Waals surface area contributed by atoms with Crippen LogP contribution in [0.25, 0.3) is 32.1 Å². The lowest BCUT2D eigenvalue weighted by Crippen LogP contribution is -2.31. The van der Waals surface area contributed by atoms with E-state index in [0.29, 0.717) is 17.9 Å². The Balaban J connectivity index is 1.43. The molecule has 0 amide bonds. The molecule has 0 unspecified atom stereocenters. The van der Waals surface area contributed by atoms with Crippen molar-refractivity contribution in [1.82, 2.24) is 20.1 Å². The molecule has 6 nitrogen and oxygen atoms in total. The van der Waals surface area contributed by atoms with Crippen LogP contribution in [0.15, 0.2) is 46.9 Å². The van der Waals surface area contributed by atoms with Gasteiger partial charge in [0, 0.05) is 24.7 Å². The number of aryl methyl sites for hydroxylation is 1. The average molecular weight is 406 g/mol. The molecule has 0 bridgehead atoms. The van der Waals surface area contributed by atoms with Crippen LogP contribution < -0.4 is 4.90 Å². The summed E-state index contributed by atoms with van der Waals surface area (Å²) >= 11 is 1.60. The van der Waals surface area contributed by atoms with Crippen molar-refractivity contribution in [1.29, 1.82) is 0 Å². The normalized spacial score (nSPS) is 17.0. The number of likely N-dealkylation sites (N-methyl/N-ethyl adjacent to an activating group) is 1. The summed E-state index contributed by atoms with van der Waals surface area (Å²) < 4.78 is 6.04. The number of thiazole rings is 1. The van der Waals surface area contributed by atoms with Crippen LogP contribution in [0.2, 0.25) is 0 Å². The molecule has 1 atom stereocenters. The van der Waals surface area contributed by atoms with Crippen molar-refractivity contribution in [3.63, 3.8) is 0 Å². The average Bonchev–Trinajstić information content (AvgIpc) is 3.46. The summed E-state index contributed by atoms with van der Waals surface area (Å²) in [5, 5.41) is 12.0. The van der Waals surface area contributed by atoms with E-state index in [4.69, 9.17) is 9.40 Å². The second-order valence-electron chi connectivity index (χ2n) is 7.74. The summed E-state index contributed by atoms with van der Waals surface area (Å²) in [5.41, 5.74) is 2.03. The first-order chi connectivity index (χ1) is 14.1. The fourth-order valence-corrected chi connectivity index (χ4v) is 4.80. The summed E-state index contributed by atoms with van der Waals surface area (Å²) in [6, 6.07) is 15.9. The maximum atomic E-state index is 6.04. The molecule has 5 rings (SSSR count). The van der Waals surface area contributed by atoms with E-state index in [1.807, 2.05) is 6.92 Å². The number of hydrogen-bond acceptors (Lipinski definition) is 7. The van der Waals surface area contributed by atoms with Gasteiger partial charge in [0.1, 0.15) is 9.88 Å². The van der Waals surface area contributed by atoms with Gasteiger partial charge in [0.2, 0.25) is 0 Å². The van der Waals surface area contributed by atoms with E-state index >= 15 is 0 Å². The van der Waals surface area contributed by atoms with Crippen LogP contribution in [0, 0.1) is 6.92 Å². The Morgan fingerprint density at radius 2 is 1.93 bits per heavy atom. The maximum Gasteiger partial charge on any atom is 0.318 e. The van der Waals surface area contributed by atoms with Gasteiger partial charge in [-0.25, -0.2) is 4.98 Å². The first-order valence-corrected chi connectivity index (χ1v) is 10.6. The van der Waals surface area contributed by atoms with Gasteiger partial charge in [-0.3, -0.25) is 0 Å². The third kappa shape index (κ3) is 3.41. The molecule has 0 radical (unpaired) electrons. The molecule has 4 aromatic rings. The molecule has 0 spiro atoms. The summed E-state index contributed by atoms with van der Waals surface area (Å²) in [6.07, 6.45) is 1.11. The SMILES string of the molecule is Cc1nc(-c2ccc3ccccc3c2)sc1-c1nnc(N2CC[C@H](N(C)C)C2)o1. The minimum Gasteiger partial charge on any atom is -0.402 e. The molecule has 0 N–H and O–H groups in total. The standard InChI is InChI=1S/C22H23N5OS/c1-14-19(20-24-25-22(28-20)27-11-10-18(13-27)26(2)3)29-21(23-14)17-9-8-15-6-4-5-7-16(15)12-17/h4-9,12,18H,10-11,13H2,1-3H3/t18-/m0/s1. The van der Waals surface area contributed by atoms with Gasteiger partial charge in [0.15, 0.2) is 0 Å². The fraction of sp³-hybridized carbons (Fsp3) is 0.318. The van der Waals surface area contributed by atoms with Crippen molar-refractivity contribution in [2.75, 3.05) is 32.1 Å². The molecule has 1 fully saturated rings. The Morgan fingerprint density at radius 1 is 1.10 bits per heavy atom. The van der Waals surface area contributed by atoms with E-state index in [1.54, 1.807) is 11.3 Å². The second-order valence-corrected chi connectivity index (χ2v) is 8.74. The fourth-order valence-electron chi connectivity index (χ4n) is 3.81. The number of rotatable bonds is 4. The van der Waals surface area contributed by atoms with Crippen LogP contribution in [0.1, 0.15) is 12.1 Å². The highest BCUT2D eigenvalue weighted by atomic mass is 32.1. The number of nitrogens with zero attached hydrogens (tertiary/aromatic N) is 5.